The van der Waals surface area contributed by atoms with E-state index in [1.165, 1.54) is 17.3 Å². The molecule has 19 heavy (non-hydrogen) atoms. The Morgan fingerprint density at radius 1 is 1.63 bits per heavy atom. The fraction of sp³-hybridized carbons (Fsp3) is 0.500. The Kier molecular flexibility index (Phi) is 5.52. The number of hydrogen-bond acceptors (Lipinski definition) is 4. The SMILES string of the molecule is C/C=C(\C)CC#CC1(C)CC(NCN)=C(C(N)=O)S1. The van der Waals surface area contributed by atoms with Crippen LogP contribution in [0.15, 0.2) is 22.3 Å². The summed E-state index contributed by atoms with van der Waals surface area (Å²) in [7, 11) is 0. The first-order chi connectivity index (χ1) is 8.91. The Bertz CT molecular complexity index is 485. The summed E-state index contributed by atoms with van der Waals surface area (Å²) in [6, 6.07) is 0. The smallest absolute Gasteiger partial charge is 0.256 e. The van der Waals surface area contributed by atoms with Crippen molar-refractivity contribution in [1.82, 2.24) is 5.32 Å². The quantitative estimate of drug-likeness (QED) is 0.413. The number of carbonyl (C=O) groups is 1. The molecule has 0 aromatic carbocycles. The maximum Gasteiger partial charge on any atom is 0.256 e. The van der Waals surface area contributed by atoms with Crippen molar-refractivity contribution in [2.45, 2.75) is 38.4 Å². The second-order valence-electron chi connectivity index (χ2n) is 4.68. The van der Waals surface area contributed by atoms with Crippen molar-refractivity contribution in [1.29, 1.82) is 0 Å². The molecule has 0 saturated heterocycles. The molecule has 104 valence electrons. The van der Waals surface area contributed by atoms with E-state index >= 15 is 0 Å². The summed E-state index contributed by atoms with van der Waals surface area (Å²) >= 11 is 1.42. The molecule has 1 rings (SSSR count). The van der Waals surface area contributed by atoms with Gasteiger partial charge in [-0.25, -0.2) is 0 Å². The van der Waals surface area contributed by atoms with Crippen LogP contribution in [0.3, 0.4) is 0 Å². The Morgan fingerprint density at radius 2 is 2.32 bits per heavy atom. The van der Waals surface area contributed by atoms with Gasteiger partial charge in [0.2, 0.25) is 0 Å². The predicted octanol–water partition coefficient (Wildman–Crippen LogP) is 1.44. The lowest BCUT2D eigenvalue weighted by molar-refractivity contribution is -0.113. The average Bonchev–Trinajstić information content (AvgIpc) is 2.67. The molecule has 1 amide bonds. The molecule has 0 aromatic heterocycles. The van der Waals surface area contributed by atoms with Gasteiger partial charge in [-0.2, -0.15) is 0 Å². The lowest BCUT2D eigenvalue weighted by Crippen LogP contribution is -2.25. The zero-order chi connectivity index (χ0) is 14.5. The van der Waals surface area contributed by atoms with Crippen LogP contribution in [0.4, 0.5) is 0 Å². The van der Waals surface area contributed by atoms with Crippen molar-refractivity contribution >= 4 is 17.7 Å². The van der Waals surface area contributed by atoms with Gasteiger partial charge in [-0.3, -0.25) is 4.79 Å². The van der Waals surface area contributed by atoms with Crippen molar-refractivity contribution in [3.63, 3.8) is 0 Å². The fourth-order valence-corrected chi connectivity index (χ4v) is 2.91. The van der Waals surface area contributed by atoms with Crippen LogP contribution < -0.4 is 16.8 Å². The first kappa shape index (κ1) is 15.7. The molecule has 1 unspecified atom stereocenters. The molecule has 0 fully saturated rings. The third-order valence-electron chi connectivity index (χ3n) is 2.87. The molecule has 1 atom stereocenters. The lowest BCUT2D eigenvalue weighted by atomic mass is 10.0. The molecule has 5 heteroatoms. The van der Waals surface area contributed by atoms with Crippen molar-refractivity contribution in [3.8, 4) is 11.8 Å². The second-order valence-corrected chi connectivity index (χ2v) is 6.19. The summed E-state index contributed by atoms with van der Waals surface area (Å²) in [5, 5.41) is 3.00. The molecule has 5 N–H and O–H groups in total. The molecule has 0 aliphatic carbocycles. The minimum atomic E-state index is -0.420. The molecule has 4 nitrogen and oxygen atoms in total. The predicted molar refractivity (Wildman–Crippen MR) is 80.8 cm³/mol. The van der Waals surface area contributed by atoms with Crippen LogP contribution >= 0.6 is 11.8 Å². The van der Waals surface area contributed by atoms with Crippen LogP contribution in [0.25, 0.3) is 0 Å². The van der Waals surface area contributed by atoms with Crippen LogP contribution in [0.5, 0.6) is 0 Å². The summed E-state index contributed by atoms with van der Waals surface area (Å²) < 4.78 is -0.310. The zero-order valence-corrected chi connectivity index (χ0v) is 12.5. The summed E-state index contributed by atoms with van der Waals surface area (Å²) in [5.74, 6) is 5.98. The number of thioether (sulfide) groups is 1. The highest BCUT2D eigenvalue weighted by atomic mass is 32.2. The number of nitrogens with two attached hydrogens (primary N) is 2. The Morgan fingerprint density at radius 3 is 2.84 bits per heavy atom. The van der Waals surface area contributed by atoms with Gasteiger partial charge in [0, 0.05) is 18.5 Å². The molecule has 1 aliphatic heterocycles. The highest BCUT2D eigenvalue weighted by molar-refractivity contribution is 8.05. The maximum atomic E-state index is 11.4. The van der Waals surface area contributed by atoms with Crippen molar-refractivity contribution in [3.05, 3.63) is 22.3 Å². The number of rotatable bonds is 4. The maximum absolute atomic E-state index is 11.4. The third kappa shape index (κ3) is 4.34. The van der Waals surface area contributed by atoms with Gasteiger partial charge >= 0.3 is 0 Å². The van der Waals surface area contributed by atoms with Gasteiger partial charge in [-0.15, -0.1) is 0 Å². The molecular weight excluding hydrogens is 258 g/mol. The van der Waals surface area contributed by atoms with E-state index in [1.807, 2.05) is 26.8 Å². The molecule has 0 radical (unpaired) electrons. The minimum absolute atomic E-state index is 0.286. The number of allylic oxidation sites excluding steroid dienone is 3. The van der Waals surface area contributed by atoms with Crippen molar-refractivity contribution in [2.24, 2.45) is 11.5 Å². The van der Waals surface area contributed by atoms with Crippen molar-refractivity contribution in [2.75, 3.05) is 6.67 Å². The van der Waals surface area contributed by atoms with Crippen LogP contribution in [-0.4, -0.2) is 17.3 Å². The number of hydrogen-bond donors (Lipinski definition) is 3. The largest absolute Gasteiger partial charge is 0.375 e. The molecule has 0 bridgehead atoms. The Labute approximate surface area is 119 Å². The minimum Gasteiger partial charge on any atom is -0.375 e. The lowest BCUT2D eigenvalue weighted by Gasteiger charge is -2.15. The monoisotopic (exact) mass is 279 g/mol. The highest BCUT2D eigenvalue weighted by Crippen LogP contribution is 2.44. The van der Waals surface area contributed by atoms with Crippen LogP contribution in [0, 0.1) is 11.8 Å². The van der Waals surface area contributed by atoms with Gasteiger partial charge in [0.1, 0.15) is 0 Å². The summed E-state index contributed by atoms with van der Waals surface area (Å²) in [5.41, 5.74) is 12.9. The topological polar surface area (TPSA) is 81.1 Å². The van der Waals surface area contributed by atoms with E-state index < -0.39 is 5.91 Å². The van der Waals surface area contributed by atoms with E-state index in [4.69, 9.17) is 11.5 Å². The molecule has 1 heterocycles. The standard InChI is InChI=1S/C14H21N3OS/c1-4-10(2)6-5-7-14(3)8-11(17-9-15)12(19-14)13(16)18/h4,17H,6,8-9,15H2,1-3H3,(H2,16,18)/b10-4+. The van der Waals surface area contributed by atoms with E-state index in [9.17, 15) is 4.79 Å². The second kappa shape index (κ2) is 6.69. The van der Waals surface area contributed by atoms with E-state index in [1.54, 1.807) is 0 Å². The molecular formula is C14H21N3OS. The number of nitrogens with one attached hydrogen (secondary N) is 1. The third-order valence-corrected chi connectivity index (χ3v) is 4.22. The Hall–Kier alpha value is -1.38. The number of primary amides is 1. The van der Waals surface area contributed by atoms with E-state index in [2.05, 4.69) is 17.2 Å². The van der Waals surface area contributed by atoms with Gasteiger partial charge < -0.3 is 16.8 Å². The van der Waals surface area contributed by atoms with Crippen molar-refractivity contribution < 1.29 is 4.79 Å². The van der Waals surface area contributed by atoms with Crippen LogP contribution in [0.2, 0.25) is 0 Å². The van der Waals surface area contributed by atoms with E-state index in [-0.39, 0.29) is 11.4 Å². The summed E-state index contributed by atoms with van der Waals surface area (Å²) in [4.78, 5) is 12.0. The van der Waals surface area contributed by atoms with Gasteiger partial charge in [-0.1, -0.05) is 35.3 Å². The average molecular weight is 279 g/mol. The summed E-state index contributed by atoms with van der Waals surface area (Å²) in [6.45, 7) is 6.35. The first-order valence-electron chi connectivity index (χ1n) is 6.19. The molecule has 0 aromatic rings. The van der Waals surface area contributed by atoms with Gasteiger partial charge in [-0.05, 0) is 20.8 Å². The summed E-state index contributed by atoms with van der Waals surface area (Å²) in [6.07, 6.45) is 3.46. The zero-order valence-electron chi connectivity index (χ0n) is 11.7. The van der Waals surface area contributed by atoms with E-state index in [0.717, 1.165) is 12.1 Å². The fourth-order valence-electron chi connectivity index (χ4n) is 1.75. The Balaban J connectivity index is 2.81. The van der Waals surface area contributed by atoms with Crippen LogP contribution in [-0.2, 0) is 4.79 Å². The first-order valence-corrected chi connectivity index (χ1v) is 7.01. The van der Waals surface area contributed by atoms with Gasteiger partial charge in [0.25, 0.3) is 5.91 Å². The molecule has 0 spiro atoms. The van der Waals surface area contributed by atoms with Crippen LogP contribution in [0.1, 0.15) is 33.6 Å². The van der Waals surface area contributed by atoms with E-state index in [0.29, 0.717) is 11.3 Å². The number of carbonyl (C=O) groups excluding carboxylic acids is 1. The molecule has 0 saturated carbocycles. The van der Waals surface area contributed by atoms with Gasteiger partial charge in [0.05, 0.1) is 16.3 Å². The number of amides is 1. The normalized spacial score (nSPS) is 23.1. The van der Waals surface area contributed by atoms with Gasteiger partial charge in [0.15, 0.2) is 0 Å². The molecule has 1 aliphatic rings. The highest BCUT2D eigenvalue weighted by Gasteiger charge is 2.36.